The zero-order valence-corrected chi connectivity index (χ0v) is 9.44. The van der Waals surface area contributed by atoms with Gasteiger partial charge in [0.05, 0.1) is 25.2 Å². The van der Waals surface area contributed by atoms with Gasteiger partial charge in [-0.15, -0.1) is 0 Å². The fourth-order valence-electron chi connectivity index (χ4n) is 1.70. The van der Waals surface area contributed by atoms with Crippen LogP contribution in [0.1, 0.15) is 6.92 Å². The average molecular weight is 216 g/mol. The van der Waals surface area contributed by atoms with Gasteiger partial charge in [0.25, 0.3) is 0 Å². The highest BCUT2D eigenvalue weighted by Crippen LogP contribution is 2.09. The average Bonchev–Trinajstić information content (AvgIpc) is 2.28. The number of amides is 1. The highest BCUT2D eigenvalue weighted by molar-refractivity contribution is 5.78. The summed E-state index contributed by atoms with van der Waals surface area (Å²) in [6, 6.07) is 0. The second kappa shape index (κ2) is 6.05. The lowest BCUT2D eigenvalue weighted by atomic mass is 10.1. The number of methoxy groups -OCH3 is 1. The van der Waals surface area contributed by atoms with E-state index in [4.69, 9.17) is 15.2 Å². The quantitative estimate of drug-likeness (QED) is 0.685. The Morgan fingerprint density at radius 3 is 3.07 bits per heavy atom. The molecule has 1 fully saturated rings. The second-order valence-corrected chi connectivity index (χ2v) is 3.87. The summed E-state index contributed by atoms with van der Waals surface area (Å²) in [4.78, 5) is 13.7. The molecule has 1 saturated heterocycles. The molecule has 0 saturated carbocycles. The minimum atomic E-state index is -0.0912. The van der Waals surface area contributed by atoms with E-state index in [1.807, 2.05) is 11.8 Å². The van der Waals surface area contributed by atoms with Crippen molar-refractivity contribution in [3.05, 3.63) is 0 Å². The normalized spacial score (nSPS) is 23.9. The molecule has 5 nitrogen and oxygen atoms in total. The molecule has 0 bridgehead atoms. The summed E-state index contributed by atoms with van der Waals surface area (Å²) in [5.74, 6) is 0.0325. The maximum Gasteiger partial charge on any atom is 0.227 e. The van der Waals surface area contributed by atoms with Crippen molar-refractivity contribution in [1.29, 1.82) is 0 Å². The third-order valence-corrected chi connectivity index (χ3v) is 2.55. The van der Waals surface area contributed by atoms with E-state index in [9.17, 15) is 4.79 Å². The van der Waals surface area contributed by atoms with E-state index in [0.717, 1.165) is 0 Å². The summed E-state index contributed by atoms with van der Waals surface area (Å²) >= 11 is 0. The predicted octanol–water partition coefficient (Wildman–Crippen LogP) is -0.545. The molecule has 2 unspecified atom stereocenters. The van der Waals surface area contributed by atoms with Gasteiger partial charge in [-0.1, -0.05) is 6.92 Å². The van der Waals surface area contributed by atoms with E-state index in [2.05, 4.69) is 0 Å². The van der Waals surface area contributed by atoms with Crippen LogP contribution in [0.3, 0.4) is 0 Å². The number of carbonyl (C=O) groups excluding carboxylic acids is 1. The van der Waals surface area contributed by atoms with Gasteiger partial charge in [0.15, 0.2) is 0 Å². The Kier molecular flexibility index (Phi) is 5.01. The highest BCUT2D eigenvalue weighted by Gasteiger charge is 2.26. The molecule has 15 heavy (non-hydrogen) atoms. The Labute approximate surface area is 90.5 Å². The molecule has 1 aliphatic heterocycles. The van der Waals surface area contributed by atoms with Crippen LogP contribution in [0.15, 0.2) is 0 Å². The largest absolute Gasteiger partial charge is 0.384 e. The van der Waals surface area contributed by atoms with Crippen molar-refractivity contribution >= 4 is 5.91 Å². The Morgan fingerprint density at radius 2 is 2.47 bits per heavy atom. The predicted molar refractivity (Wildman–Crippen MR) is 56.4 cm³/mol. The molecule has 0 aromatic rings. The van der Waals surface area contributed by atoms with E-state index in [1.54, 1.807) is 7.11 Å². The third-order valence-electron chi connectivity index (χ3n) is 2.55. The van der Waals surface area contributed by atoms with Crippen LogP contribution >= 0.6 is 0 Å². The fraction of sp³-hybridized carbons (Fsp3) is 0.900. The number of carbonyl (C=O) groups is 1. The summed E-state index contributed by atoms with van der Waals surface area (Å²) in [6.07, 6.45) is -0.0163. The highest BCUT2D eigenvalue weighted by atomic mass is 16.5. The zero-order valence-electron chi connectivity index (χ0n) is 9.44. The van der Waals surface area contributed by atoms with Crippen molar-refractivity contribution in [3.8, 4) is 0 Å². The summed E-state index contributed by atoms with van der Waals surface area (Å²) < 4.78 is 10.4. The smallest absolute Gasteiger partial charge is 0.227 e. The molecule has 5 heteroatoms. The molecule has 0 spiro atoms. The van der Waals surface area contributed by atoms with E-state index < -0.39 is 0 Å². The number of hydrogen-bond acceptors (Lipinski definition) is 4. The van der Waals surface area contributed by atoms with Gasteiger partial charge in [-0.3, -0.25) is 4.79 Å². The first-order valence-corrected chi connectivity index (χ1v) is 5.28. The molecule has 2 N–H and O–H groups in total. The van der Waals surface area contributed by atoms with Crippen molar-refractivity contribution in [2.45, 2.75) is 13.0 Å². The van der Waals surface area contributed by atoms with Crippen molar-refractivity contribution in [2.24, 2.45) is 11.7 Å². The summed E-state index contributed by atoms with van der Waals surface area (Å²) in [5.41, 5.74) is 5.51. The van der Waals surface area contributed by atoms with Crippen molar-refractivity contribution < 1.29 is 14.3 Å². The van der Waals surface area contributed by atoms with Gasteiger partial charge in [0.1, 0.15) is 0 Å². The molecule has 1 heterocycles. The molecule has 2 atom stereocenters. The van der Waals surface area contributed by atoms with Gasteiger partial charge in [0.2, 0.25) is 5.91 Å². The fourth-order valence-corrected chi connectivity index (χ4v) is 1.70. The lowest BCUT2D eigenvalue weighted by molar-refractivity contribution is -0.143. The molecule has 1 amide bonds. The number of nitrogens with two attached hydrogens (primary N) is 1. The monoisotopic (exact) mass is 216 g/mol. The third kappa shape index (κ3) is 3.44. The molecule has 88 valence electrons. The van der Waals surface area contributed by atoms with Crippen LogP contribution < -0.4 is 5.73 Å². The summed E-state index contributed by atoms with van der Waals surface area (Å²) in [5, 5.41) is 0. The van der Waals surface area contributed by atoms with Crippen LogP contribution in [0, 0.1) is 5.92 Å². The summed E-state index contributed by atoms with van der Waals surface area (Å²) in [7, 11) is 1.60. The van der Waals surface area contributed by atoms with E-state index in [1.165, 1.54) is 0 Å². The maximum atomic E-state index is 11.9. The number of rotatable bonds is 4. The van der Waals surface area contributed by atoms with Gasteiger partial charge >= 0.3 is 0 Å². The van der Waals surface area contributed by atoms with Gasteiger partial charge in [-0.2, -0.15) is 0 Å². The Hall–Kier alpha value is -0.650. The second-order valence-electron chi connectivity index (χ2n) is 3.87. The maximum absolute atomic E-state index is 11.9. The number of nitrogens with zero attached hydrogens (tertiary/aromatic N) is 1. The Balaban J connectivity index is 2.44. The molecule has 1 rings (SSSR count). The van der Waals surface area contributed by atoms with Gasteiger partial charge < -0.3 is 20.1 Å². The van der Waals surface area contributed by atoms with Crippen LogP contribution in [0.5, 0.6) is 0 Å². The minimum Gasteiger partial charge on any atom is -0.384 e. The van der Waals surface area contributed by atoms with Gasteiger partial charge in [0, 0.05) is 26.7 Å². The van der Waals surface area contributed by atoms with Crippen molar-refractivity contribution in [2.75, 3.05) is 40.0 Å². The van der Waals surface area contributed by atoms with E-state index >= 15 is 0 Å². The number of ether oxygens (including phenoxy) is 2. The lowest BCUT2D eigenvalue weighted by Crippen LogP contribution is -2.50. The first-order chi connectivity index (χ1) is 7.19. The Bertz CT molecular complexity index is 211. The molecule has 0 aromatic heterocycles. The first kappa shape index (κ1) is 12.4. The van der Waals surface area contributed by atoms with E-state index in [0.29, 0.717) is 32.8 Å². The molecular formula is C10H20N2O3. The SMILES string of the molecule is COCC(C)C(=O)N1CCOC(CN)C1. The van der Waals surface area contributed by atoms with Gasteiger partial charge in [-0.25, -0.2) is 0 Å². The van der Waals surface area contributed by atoms with Crippen LogP contribution in [0.4, 0.5) is 0 Å². The lowest BCUT2D eigenvalue weighted by Gasteiger charge is -2.33. The van der Waals surface area contributed by atoms with E-state index in [-0.39, 0.29) is 17.9 Å². The number of morpholine rings is 1. The van der Waals surface area contributed by atoms with Gasteiger partial charge in [-0.05, 0) is 0 Å². The van der Waals surface area contributed by atoms with Crippen LogP contribution in [-0.4, -0.2) is 56.9 Å². The molecule has 1 aliphatic rings. The van der Waals surface area contributed by atoms with Crippen LogP contribution in [0.2, 0.25) is 0 Å². The van der Waals surface area contributed by atoms with Crippen molar-refractivity contribution in [3.63, 3.8) is 0 Å². The number of hydrogen-bond donors (Lipinski definition) is 1. The summed E-state index contributed by atoms with van der Waals surface area (Å²) in [6.45, 7) is 4.63. The van der Waals surface area contributed by atoms with Crippen LogP contribution in [0.25, 0.3) is 0 Å². The molecule has 0 aromatic carbocycles. The minimum absolute atomic E-state index is 0.0163. The zero-order chi connectivity index (χ0) is 11.3. The topological polar surface area (TPSA) is 64.8 Å². The molecular weight excluding hydrogens is 196 g/mol. The molecule has 0 radical (unpaired) electrons. The first-order valence-electron chi connectivity index (χ1n) is 5.28. The standard InChI is InChI=1S/C10H20N2O3/c1-8(7-14-2)10(13)12-3-4-15-9(5-11)6-12/h8-9H,3-7,11H2,1-2H3. The Morgan fingerprint density at radius 1 is 1.73 bits per heavy atom. The van der Waals surface area contributed by atoms with Crippen LogP contribution in [-0.2, 0) is 14.3 Å². The van der Waals surface area contributed by atoms with Crippen molar-refractivity contribution in [1.82, 2.24) is 4.90 Å². The molecule has 0 aliphatic carbocycles.